The van der Waals surface area contributed by atoms with Crippen molar-refractivity contribution >= 4 is 23.8 Å². The number of carbonyl (C=O) groups is 1. The van der Waals surface area contributed by atoms with E-state index in [4.69, 9.17) is 17.0 Å². The Hall–Kier alpha value is -3.78. The fourth-order valence-corrected chi connectivity index (χ4v) is 3.39. The van der Waals surface area contributed by atoms with Crippen LogP contribution in [0.1, 0.15) is 17.5 Å². The molecule has 0 fully saturated rings. The fraction of sp³-hybridized carbons (Fsp3) is 0.167. The molecule has 0 aliphatic heterocycles. The van der Waals surface area contributed by atoms with Crippen LogP contribution in [0.3, 0.4) is 0 Å². The zero-order chi connectivity index (χ0) is 22.3. The van der Waals surface area contributed by atoms with Crippen molar-refractivity contribution in [3.63, 3.8) is 0 Å². The van der Waals surface area contributed by atoms with Gasteiger partial charge in [-0.15, -0.1) is 0 Å². The predicted octanol–water partition coefficient (Wildman–Crippen LogP) is 4.92. The van der Waals surface area contributed by atoms with Gasteiger partial charge >= 0.3 is 0 Å². The highest BCUT2D eigenvalue weighted by molar-refractivity contribution is 7.71. The zero-order valence-electron chi connectivity index (χ0n) is 17.6. The smallest absolute Gasteiger partial charge is 0.226 e. The molecular weight excluding hydrogens is 422 g/mol. The number of carbonyl (C=O) groups excluding carboxylic acids is 1. The topological polar surface area (TPSA) is 84.8 Å². The highest BCUT2D eigenvalue weighted by atomic mass is 32.1. The molecule has 2 aromatic heterocycles. The van der Waals surface area contributed by atoms with Gasteiger partial charge in [0.2, 0.25) is 5.91 Å². The minimum Gasteiger partial charge on any atom is -0.489 e. The normalized spacial score (nSPS) is 10.7. The fourth-order valence-electron chi connectivity index (χ4n) is 3.17. The number of aromatic nitrogens is 4. The van der Waals surface area contributed by atoms with Crippen LogP contribution in [-0.2, 0) is 17.9 Å². The van der Waals surface area contributed by atoms with E-state index < -0.39 is 0 Å². The molecule has 2 N–H and O–H groups in total. The minimum atomic E-state index is -0.105. The molecule has 0 unspecified atom stereocenters. The van der Waals surface area contributed by atoms with Crippen molar-refractivity contribution in [3.05, 3.63) is 89.0 Å². The molecule has 0 radical (unpaired) electrons. The molecule has 0 bridgehead atoms. The van der Waals surface area contributed by atoms with Crippen molar-refractivity contribution in [3.8, 4) is 17.1 Å². The third kappa shape index (κ3) is 5.47. The number of anilines is 1. The summed E-state index contributed by atoms with van der Waals surface area (Å²) in [5, 5.41) is 10.1. The van der Waals surface area contributed by atoms with E-state index in [0.717, 1.165) is 22.7 Å². The van der Waals surface area contributed by atoms with Crippen LogP contribution in [0.2, 0.25) is 0 Å². The standard InChI is InChI=1S/C24H23N5O2S/c1-17-4-6-19(7-5-17)23-27-28-24(32)29(23)14-12-22(30)26-20-8-10-21(11-9-20)31-16-18-3-2-13-25-15-18/h2-11,13,15H,12,14,16H2,1H3,(H,26,30)(H,28,32). The molecular formula is C24H23N5O2S. The lowest BCUT2D eigenvalue weighted by atomic mass is 10.1. The lowest BCUT2D eigenvalue weighted by Crippen LogP contribution is -2.15. The van der Waals surface area contributed by atoms with Crippen LogP contribution in [-0.4, -0.2) is 25.7 Å². The van der Waals surface area contributed by atoms with Crippen molar-refractivity contribution in [2.45, 2.75) is 26.5 Å². The summed E-state index contributed by atoms with van der Waals surface area (Å²) in [6, 6.07) is 19.2. The van der Waals surface area contributed by atoms with Gasteiger partial charge in [-0.2, -0.15) is 5.10 Å². The summed E-state index contributed by atoms with van der Waals surface area (Å²) in [5.74, 6) is 1.34. The summed E-state index contributed by atoms with van der Waals surface area (Å²) < 4.78 is 8.08. The van der Waals surface area contributed by atoms with Gasteiger partial charge in [0.25, 0.3) is 0 Å². The number of benzene rings is 2. The predicted molar refractivity (Wildman–Crippen MR) is 126 cm³/mol. The van der Waals surface area contributed by atoms with Gasteiger partial charge in [0.1, 0.15) is 12.4 Å². The van der Waals surface area contributed by atoms with Gasteiger partial charge in [0.05, 0.1) is 0 Å². The van der Waals surface area contributed by atoms with Crippen molar-refractivity contribution in [2.24, 2.45) is 0 Å². The first kappa shape index (κ1) is 21.5. The molecule has 0 saturated carbocycles. The average Bonchev–Trinajstić information content (AvgIpc) is 3.18. The first-order valence-electron chi connectivity index (χ1n) is 10.2. The Morgan fingerprint density at radius 2 is 1.91 bits per heavy atom. The van der Waals surface area contributed by atoms with Crippen LogP contribution in [0, 0.1) is 11.7 Å². The van der Waals surface area contributed by atoms with E-state index in [0.29, 0.717) is 23.6 Å². The van der Waals surface area contributed by atoms with Crippen LogP contribution in [0.5, 0.6) is 5.75 Å². The van der Waals surface area contributed by atoms with E-state index in [1.165, 1.54) is 5.56 Å². The van der Waals surface area contributed by atoms with Gasteiger partial charge in [0.15, 0.2) is 10.6 Å². The maximum atomic E-state index is 12.5. The van der Waals surface area contributed by atoms with E-state index in [1.807, 2.05) is 72.2 Å². The van der Waals surface area contributed by atoms with Crippen LogP contribution in [0.4, 0.5) is 5.69 Å². The quantitative estimate of drug-likeness (QED) is 0.376. The van der Waals surface area contributed by atoms with Crippen LogP contribution in [0.15, 0.2) is 73.1 Å². The van der Waals surface area contributed by atoms with Crippen molar-refractivity contribution in [1.29, 1.82) is 0 Å². The van der Waals surface area contributed by atoms with Gasteiger partial charge in [-0.3, -0.25) is 19.4 Å². The second-order valence-electron chi connectivity index (χ2n) is 7.34. The summed E-state index contributed by atoms with van der Waals surface area (Å²) in [5.41, 5.74) is 3.82. The molecule has 8 heteroatoms. The molecule has 0 atom stereocenters. The number of rotatable bonds is 8. The number of ether oxygens (including phenoxy) is 1. The first-order valence-corrected chi connectivity index (χ1v) is 10.6. The van der Waals surface area contributed by atoms with Gasteiger partial charge in [-0.05, 0) is 49.5 Å². The number of pyridine rings is 1. The van der Waals surface area contributed by atoms with E-state index in [2.05, 4.69) is 20.5 Å². The van der Waals surface area contributed by atoms with Crippen LogP contribution in [0.25, 0.3) is 11.4 Å². The molecule has 4 rings (SSSR count). The molecule has 0 saturated heterocycles. The summed E-state index contributed by atoms with van der Waals surface area (Å²) in [7, 11) is 0. The number of nitrogens with one attached hydrogen (secondary N) is 2. The Morgan fingerprint density at radius 3 is 2.62 bits per heavy atom. The lowest BCUT2D eigenvalue weighted by molar-refractivity contribution is -0.116. The van der Waals surface area contributed by atoms with Gasteiger partial charge < -0.3 is 10.1 Å². The van der Waals surface area contributed by atoms with Crippen molar-refractivity contribution < 1.29 is 9.53 Å². The number of amides is 1. The Bertz CT molecular complexity index is 1230. The summed E-state index contributed by atoms with van der Waals surface area (Å²) in [4.78, 5) is 16.5. The number of H-pyrrole nitrogens is 1. The Balaban J connectivity index is 1.32. The van der Waals surface area contributed by atoms with Gasteiger partial charge in [0, 0.05) is 42.2 Å². The Kier molecular flexibility index (Phi) is 6.72. The zero-order valence-corrected chi connectivity index (χ0v) is 18.4. The summed E-state index contributed by atoms with van der Waals surface area (Å²) in [6.07, 6.45) is 3.77. The third-order valence-electron chi connectivity index (χ3n) is 4.90. The minimum absolute atomic E-state index is 0.105. The van der Waals surface area contributed by atoms with Gasteiger partial charge in [-0.25, -0.2) is 0 Å². The van der Waals surface area contributed by atoms with E-state index in [1.54, 1.807) is 12.4 Å². The highest BCUT2D eigenvalue weighted by Crippen LogP contribution is 2.19. The molecule has 32 heavy (non-hydrogen) atoms. The van der Waals surface area contributed by atoms with Crippen LogP contribution >= 0.6 is 12.2 Å². The second kappa shape index (κ2) is 10.0. The monoisotopic (exact) mass is 445 g/mol. The first-order chi connectivity index (χ1) is 15.6. The largest absolute Gasteiger partial charge is 0.489 e. The molecule has 0 spiro atoms. The molecule has 1 amide bonds. The van der Waals surface area contributed by atoms with Crippen molar-refractivity contribution in [1.82, 2.24) is 19.7 Å². The van der Waals surface area contributed by atoms with Crippen LogP contribution < -0.4 is 10.1 Å². The molecule has 2 aromatic carbocycles. The van der Waals surface area contributed by atoms with Gasteiger partial charge in [-0.1, -0.05) is 35.9 Å². The molecule has 7 nitrogen and oxygen atoms in total. The third-order valence-corrected chi connectivity index (χ3v) is 5.21. The number of nitrogens with zero attached hydrogens (tertiary/aromatic N) is 3. The highest BCUT2D eigenvalue weighted by Gasteiger charge is 2.11. The second-order valence-corrected chi connectivity index (χ2v) is 7.73. The number of aromatic amines is 1. The Morgan fingerprint density at radius 1 is 1.12 bits per heavy atom. The maximum absolute atomic E-state index is 12.5. The number of hydrogen-bond donors (Lipinski definition) is 2. The lowest BCUT2D eigenvalue weighted by Gasteiger charge is -2.10. The Labute approximate surface area is 191 Å². The molecule has 162 valence electrons. The summed E-state index contributed by atoms with van der Waals surface area (Å²) >= 11 is 5.35. The van der Waals surface area contributed by atoms with E-state index >= 15 is 0 Å². The van der Waals surface area contributed by atoms with E-state index in [9.17, 15) is 4.79 Å². The average molecular weight is 446 g/mol. The molecule has 0 aliphatic carbocycles. The summed E-state index contributed by atoms with van der Waals surface area (Å²) in [6.45, 7) is 2.90. The molecule has 2 heterocycles. The number of hydrogen-bond acceptors (Lipinski definition) is 5. The number of aryl methyl sites for hydroxylation is 1. The maximum Gasteiger partial charge on any atom is 0.226 e. The molecule has 0 aliphatic rings. The SMILES string of the molecule is Cc1ccc(-c2n[nH]c(=S)n2CCC(=O)Nc2ccc(OCc3cccnc3)cc2)cc1. The molecule has 4 aromatic rings. The van der Waals surface area contributed by atoms with E-state index in [-0.39, 0.29) is 12.3 Å². The van der Waals surface area contributed by atoms with Crippen molar-refractivity contribution in [2.75, 3.05) is 5.32 Å².